The molecule has 1 heterocycles. The molecule has 4 heteroatoms. The van der Waals surface area contributed by atoms with Crippen LogP contribution in [0.1, 0.15) is 13.8 Å². The maximum absolute atomic E-state index is 9.55. The SMILES string of the molecule is CC(C)(O)C1N=CC=NC1N. The normalized spacial score (nSPS) is 30.9. The van der Waals surface area contributed by atoms with E-state index in [1.54, 1.807) is 26.3 Å². The smallest absolute Gasteiger partial charge is 0.122 e. The van der Waals surface area contributed by atoms with E-state index in [0.29, 0.717) is 0 Å². The Hall–Kier alpha value is -0.740. The lowest BCUT2D eigenvalue weighted by atomic mass is 9.97. The maximum Gasteiger partial charge on any atom is 0.122 e. The van der Waals surface area contributed by atoms with Crippen LogP contribution in [-0.4, -0.2) is 35.3 Å². The summed E-state index contributed by atoms with van der Waals surface area (Å²) < 4.78 is 0. The zero-order chi connectivity index (χ0) is 8.48. The first kappa shape index (κ1) is 8.36. The summed E-state index contributed by atoms with van der Waals surface area (Å²) in [7, 11) is 0. The van der Waals surface area contributed by atoms with Gasteiger partial charge in [-0.15, -0.1) is 0 Å². The predicted molar refractivity (Wildman–Crippen MR) is 45.0 cm³/mol. The molecule has 0 aromatic carbocycles. The van der Waals surface area contributed by atoms with Gasteiger partial charge in [0.15, 0.2) is 0 Å². The Morgan fingerprint density at radius 3 is 2.27 bits per heavy atom. The van der Waals surface area contributed by atoms with Crippen molar-refractivity contribution in [1.29, 1.82) is 0 Å². The third kappa shape index (κ3) is 1.85. The highest BCUT2D eigenvalue weighted by Crippen LogP contribution is 2.16. The predicted octanol–water partition coefficient (Wildman–Crippen LogP) is -0.434. The largest absolute Gasteiger partial charge is 0.388 e. The molecule has 2 unspecified atom stereocenters. The van der Waals surface area contributed by atoms with E-state index in [1.807, 2.05) is 0 Å². The summed E-state index contributed by atoms with van der Waals surface area (Å²) in [6.07, 6.45) is 2.69. The van der Waals surface area contributed by atoms with Crippen LogP contribution in [0.5, 0.6) is 0 Å². The number of hydrogen-bond donors (Lipinski definition) is 2. The molecule has 0 saturated carbocycles. The first-order chi connectivity index (χ1) is 5.02. The minimum atomic E-state index is -0.895. The number of nitrogens with zero attached hydrogens (tertiary/aromatic N) is 2. The molecule has 11 heavy (non-hydrogen) atoms. The van der Waals surface area contributed by atoms with Crippen LogP contribution in [0.3, 0.4) is 0 Å². The molecule has 0 radical (unpaired) electrons. The van der Waals surface area contributed by atoms with Gasteiger partial charge in [0.2, 0.25) is 0 Å². The summed E-state index contributed by atoms with van der Waals surface area (Å²) in [4.78, 5) is 7.95. The fourth-order valence-electron chi connectivity index (χ4n) is 1.04. The second-order valence-electron chi connectivity index (χ2n) is 3.19. The van der Waals surface area contributed by atoms with Crippen molar-refractivity contribution in [1.82, 2.24) is 0 Å². The molecule has 0 bridgehead atoms. The van der Waals surface area contributed by atoms with Gasteiger partial charge in [0.25, 0.3) is 0 Å². The molecule has 0 aliphatic carbocycles. The number of aliphatic imine (C=N–C) groups is 2. The Labute approximate surface area is 65.8 Å². The van der Waals surface area contributed by atoms with E-state index in [9.17, 15) is 5.11 Å². The average Bonchev–Trinajstić information content (AvgIpc) is 1.86. The summed E-state index contributed by atoms with van der Waals surface area (Å²) >= 11 is 0. The molecule has 2 atom stereocenters. The zero-order valence-electron chi connectivity index (χ0n) is 6.73. The van der Waals surface area contributed by atoms with Gasteiger partial charge in [0.05, 0.1) is 5.60 Å². The Bertz CT molecular complexity index is 192. The van der Waals surface area contributed by atoms with Crippen LogP contribution in [0.25, 0.3) is 0 Å². The van der Waals surface area contributed by atoms with Crippen LogP contribution in [0, 0.1) is 0 Å². The number of rotatable bonds is 1. The van der Waals surface area contributed by atoms with Gasteiger partial charge >= 0.3 is 0 Å². The highest BCUT2D eigenvalue weighted by molar-refractivity contribution is 6.16. The second-order valence-corrected chi connectivity index (χ2v) is 3.19. The van der Waals surface area contributed by atoms with Gasteiger partial charge in [-0.2, -0.15) is 0 Å². The molecule has 3 N–H and O–H groups in total. The van der Waals surface area contributed by atoms with Gasteiger partial charge in [-0.05, 0) is 13.8 Å². The van der Waals surface area contributed by atoms with Gasteiger partial charge < -0.3 is 10.8 Å². The van der Waals surface area contributed by atoms with Crippen molar-refractivity contribution < 1.29 is 5.11 Å². The van der Waals surface area contributed by atoms with Crippen molar-refractivity contribution in [3.05, 3.63) is 0 Å². The van der Waals surface area contributed by atoms with Gasteiger partial charge in [-0.1, -0.05) is 0 Å². The lowest BCUT2D eigenvalue weighted by molar-refractivity contribution is 0.0449. The summed E-state index contributed by atoms with van der Waals surface area (Å²) in [6.45, 7) is 3.35. The fraction of sp³-hybridized carbons (Fsp3) is 0.714. The topological polar surface area (TPSA) is 71.0 Å². The number of aliphatic hydroxyl groups is 1. The molecule has 0 spiro atoms. The Morgan fingerprint density at radius 2 is 1.91 bits per heavy atom. The lowest BCUT2D eigenvalue weighted by Gasteiger charge is -2.29. The molecular weight excluding hydrogens is 142 g/mol. The number of hydrogen-bond acceptors (Lipinski definition) is 4. The molecule has 0 saturated heterocycles. The van der Waals surface area contributed by atoms with Crippen molar-refractivity contribution in [3.63, 3.8) is 0 Å². The third-order valence-electron chi connectivity index (χ3n) is 1.62. The summed E-state index contributed by atoms with van der Waals surface area (Å²) in [5.41, 5.74) is 4.70. The maximum atomic E-state index is 9.55. The fourth-order valence-corrected chi connectivity index (χ4v) is 1.04. The monoisotopic (exact) mass is 155 g/mol. The van der Waals surface area contributed by atoms with E-state index in [4.69, 9.17) is 5.73 Å². The molecule has 0 fully saturated rings. The summed E-state index contributed by atoms with van der Waals surface area (Å²) in [6, 6.07) is -0.326. The van der Waals surface area contributed by atoms with E-state index in [-0.39, 0.29) is 6.04 Å². The Morgan fingerprint density at radius 1 is 1.36 bits per heavy atom. The van der Waals surface area contributed by atoms with Crippen LogP contribution < -0.4 is 5.73 Å². The minimum Gasteiger partial charge on any atom is -0.388 e. The van der Waals surface area contributed by atoms with Crippen molar-refractivity contribution >= 4 is 12.4 Å². The van der Waals surface area contributed by atoms with Crippen molar-refractivity contribution in [2.45, 2.75) is 31.7 Å². The van der Waals surface area contributed by atoms with Gasteiger partial charge in [-0.3, -0.25) is 9.98 Å². The van der Waals surface area contributed by atoms with Crippen LogP contribution >= 0.6 is 0 Å². The zero-order valence-corrected chi connectivity index (χ0v) is 6.73. The van der Waals surface area contributed by atoms with Crippen molar-refractivity contribution in [2.75, 3.05) is 0 Å². The first-order valence-electron chi connectivity index (χ1n) is 3.55. The highest BCUT2D eigenvalue weighted by atomic mass is 16.3. The quantitative estimate of drug-likeness (QED) is 0.539. The van der Waals surface area contributed by atoms with Crippen molar-refractivity contribution in [3.8, 4) is 0 Å². The van der Waals surface area contributed by atoms with Crippen LogP contribution in [-0.2, 0) is 0 Å². The highest BCUT2D eigenvalue weighted by Gasteiger charge is 2.31. The molecule has 0 aromatic heterocycles. The van der Waals surface area contributed by atoms with Gasteiger partial charge in [0, 0.05) is 12.4 Å². The van der Waals surface area contributed by atoms with Crippen LogP contribution in [0.15, 0.2) is 9.98 Å². The minimum absolute atomic E-state index is 0.326. The molecule has 0 aromatic rings. The molecule has 1 aliphatic rings. The lowest BCUT2D eigenvalue weighted by Crippen LogP contribution is -2.48. The Balaban J connectivity index is 2.74. The van der Waals surface area contributed by atoms with E-state index in [2.05, 4.69) is 9.98 Å². The van der Waals surface area contributed by atoms with Gasteiger partial charge in [0.1, 0.15) is 12.2 Å². The van der Waals surface area contributed by atoms with Gasteiger partial charge in [-0.25, -0.2) is 0 Å². The molecule has 62 valence electrons. The molecule has 0 amide bonds. The molecule has 4 nitrogen and oxygen atoms in total. The average molecular weight is 155 g/mol. The molecule has 1 aliphatic heterocycles. The van der Waals surface area contributed by atoms with Crippen molar-refractivity contribution in [2.24, 2.45) is 15.7 Å². The van der Waals surface area contributed by atoms with E-state index in [0.717, 1.165) is 0 Å². The second kappa shape index (κ2) is 2.71. The van der Waals surface area contributed by atoms with E-state index in [1.165, 1.54) is 0 Å². The molecular formula is C7H13N3O. The summed E-state index contributed by atoms with van der Waals surface area (Å²) in [5, 5.41) is 9.55. The standard InChI is InChI=1S/C7H13N3O/c1-7(2,11)5-6(8)10-4-3-9-5/h3-6,11H,8H2,1-2H3. The third-order valence-corrected chi connectivity index (χ3v) is 1.62. The number of nitrogens with two attached hydrogens (primary N) is 1. The Kier molecular flexibility index (Phi) is 2.06. The first-order valence-corrected chi connectivity index (χ1v) is 3.55. The molecule has 1 rings (SSSR count). The van der Waals surface area contributed by atoms with E-state index < -0.39 is 11.8 Å². The summed E-state index contributed by atoms with van der Waals surface area (Å²) in [5.74, 6) is 0. The van der Waals surface area contributed by atoms with Crippen LogP contribution in [0.2, 0.25) is 0 Å². The van der Waals surface area contributed by atoms with Crippen LogP contribution in [0.4, 0.5) is 0 Å². The van der Waals surface area contributed by atoms with E-state index >= 15 is 0 Å².